The Morgan fingerprint density at radius 3 is 3.26 bits per heavy atom. The highest BCUT2D eigenvalue weighted by atomic mass is 35.5. The molecule has 0 radical (unpaired) electrons. The topological polar surface area (TPSA) is 92.8 Å². The number of ether oxygens (including phenoxy) is 1. The Kier molecular flexibility index (Phi) is 3.04. The predicted molar refractivity (Wildman–Crippen MR) is 65.6 cm³/mol. The largest absolute Gasteiger partial charge is 0.480 e. The third kappa shape index (κ3) is 2.50. The number of hydrogen-bond donors (Lipinski definition) is 2. The first-order valence-electron chi connectivity index (χ1n) is 5.67. The van der Waals surface area contributed by atoms with Crippen molar-refractivity contribution in [2.24, 2.45) is 0 Å². The number of halogens is 1. The number of nitrogens with zero attached hydrogens (tertiary/aromatic N) is 3. The highest BCUT2D eigenvalue weighted by Gasteiger charge is 2.29. The molecule has 1 aromatic carbocycles. The van der Waals surface area contributed by atoms with Crippen molar-refractivity contribution >= 4 is 17.5 Å². The van der Waals surface area contributed by atoms with E-state index in [0.29, 0.717) is 23.0 Å². The Labute approximate surface area is 113 Å². The minimum Gasteiger partial charge on any atom is -0.480 e. The van der Waals surface area contributed by atoms with Crippen LogP contribution in [0.25, 0.3) is 0 Å². The van der Waals surface area contributed by atoms with Gasteiger partial charge in [-0.15, -0.1) is 10.2 Å². The van der Waals surface area contributed by atoms with Crippen molar-refractivity contribution in [3.63, 3.8) is 0 Å². The molecule has 1 atom stereocenters. The van der Waals surface area contributed by atoms with Crippen LogP contribution in [0.3, 0.4) is 0 Å². The molecule has 1 unspecified atom stereocenters. The first-order valence-corrected chi connectivity index (χ1v) is 6.05. The van der Waals surface area contributed by atoms with Crippen LogP contribution in [0.4, 0.5) is 0 Å². The molecule has 98 valence electrons. The fraction of sp³-hybridized carbons (Fsp3) is 0.273. The lowest BCUT2D eigenvalue weighted by atomic mass is 10.1. The van der Waals surface area contributed by atoms with Crippen LogP contribution in [0, 0.1) is 0 Å². The summed E-state index contributed by atoms with van der Waals surface area (Å²) in [6, 6.07) is 5.31. The predicted octanol–water partition coefficient (Wildman–Crippen LogP) is 0.473. The maximum absolute atomic E-state index is 11.9. The van der Waals surface area contributed by atoms with Gasteiger partial charge in [0.1, 0.15) is 5.75 Å². The number of nitrogens with one attached hydrogen (secondary N) is 2. The third-order valence-electron chi connectivity index (χ3n) is 2.80. The summed E-state index contributed by atoms with van der Waals surface area (Å²) in [6.07, 6.45) is -0.0334. The lowest BCUT2D eigenvalue weighted by molar-refractivity contribution is -0.127. The van der Waals surface area contributed by atoms with E-state index in [4.69, 9.17) is 16.3 Å². The number of benzene rings is 1. The van der Waals surface area contributed by atoms with E-state index in [1.165, 1.54) is 0 Å². The number of amides is 1. The van der Waals surface area contributed by atoms with Gasteiger partial charge in [0.25, 0.3) is 5.91 Å². The smallest absolute Gasteiger partial charge is 0.261 e. The minimum absolute atomic E-state index is 0.211. The van der Waals surface area contributed by atoms with Gasteiger partial charge in [0.05, 0.1) is 6.54 Å². The van der Waals surface area contributed by atoms with Crippen LogP contribution in [0.2, 0.25) is 5.02 Å². The van der Waals surface area contributed by atoms with Crippen LogP contribution in [-0.2, 0) is 17.8 Å². The van der Waals surface area contributed by atoms with Crippen LogP contribution in [0.1, 0.15) is 11.4 Å². The Hall–Kier alpha value is -2.15. The summed E-state index contributed by atoms with van der Waals surface area (Å²) >= 11 is 5.90. The summed E-state index contributed by atoms with van der Waals surface area (Å²) in [4.78, 5) is 11.9. The van der Waals surface area contributed by atoms with E-state index in [-0.39, 0.29) is 12.5 Å². The van der Waals surface area contributed by atoms with E-state index >= 15 is 0 Å². The number of H-pyrrole nitrogens is 1. The number of aromatic nitrogens is 4. The fourth-order valence-electron chi connectivity index (χ4n) is 1.90. The lowest BCUT2D eigenvalue weighted by Gasteiger charge is -2.09. The van der Waals surface area contributed by atoms with Gasteiger partial charge in [0, 0.05) is 11.4 Å². The van der Waals surface area contributed by atoms with Gasteiger partial charge in [-0.2, -0.15) is 5.21 Å². The Morgan fingerprint density at radius 1 is 1.58 bits per heavy atom. The molecule has 8 heteroatoms. The van der Waals surface area contributed by atoms with Crippen LogP contribution < -0.4 is 10.1 Å². The van der Waals surface area contributed by atoms with Crippen molar-refractivity contribution in [3.05, 3.63) is 34.6 Å². The molecule has 2 heterocycles. The fourth-order valence-corrected chi connectivity index (χ4v) is 2.10. The van der Waals surface area contributed by atoms with Crippen LogP contribution >= 0.6 is 11.6 Å². The summed E-state index contributed by atoms with van der Waals surface area (Å²) in [5.74, 6) is 0.910. The van der Waals surface area contributed by atoms with Gasteiger partial charge in [-0.1, -0.05) is 16.8 Å². The molecule has 1 aromatic heterocycles. The van der Waals surface area contributed by atoms with Gasteiger partial charge in [-0.3, -0.25) is 4.79 Å². The second-order valence-electron chi connectivity index (χ2n) is 4.11. The molecule has 0 bridgehead atoms. The molecule has 0 saturated heterocycles. The summed E-state index contributed by atoms with van der Waals surface area (Å²) in [7, 11) is 0. The van der Waals surface area contributed by atoms with Gasteiger partial charge >= 0.3 is 0 Å². The molecule has 3 rings (SSSR count). The monoisotopic (exact) mass is 279 g/mol. The first-order chi connectivity index (χ1) is 9.22. The lowest BCUT2D eigenvalue weighted by Crippen LogP contribution is -2.37. The summed E-state index contributed by atoms with van der Waals surface area (Å²) in [6.45, 7) is 0.215. The van der Waals surface area contributed by atoms with E-state index < -0.39 is 6.10 Å². The van der Waals surface area contributed by atoms with Gasteiger partial charge in [0.2, 0.25) is 0 Å². The zero-order valence-electron chi connectivity index (χ0n) is 9.76. The zero-order valence-corrected chi connectivity index (χ0v) is 10.5. The molecule has 0 saturated carbocycles. The molecule has 7 nitrogen and oxygen atoms in total. The number of aromatic amines is 1. The Balaban J connectivity index is 1.61. The quantitative estimate of drug-likeness (QED) is 0.852. The summed E-state index contributed by atoms with van der Waals surface area (Å²) in [5.41, 5.74) is 0.937. The SMILES string of the molecule is O=C(NCc1nn[nH]n1)C1Cc2cc(Cl)ccc2O1. The van der Waals surface area contributed by atoms with E-state index in [9.17, 15) is 4.79 Å². The molecule has 2 N–H and O–H groups in total. The normalized spacial score (nSPS) is 16.8. The van der Waals surface area contributed by atoms with Crippen molar-refractivity contribution < 1.29 is 9.53 Å². The van der Waals surface area contributed by atoms with Gasteiger partial charge in [-0.05, 0) is 23.8 Å². The second-order valence-corrected chi connectivity index (χ2v) is 4.54. The molecule has 1 amide bonds. The molecular weight excluding hydrogens is 270 g/mol. The minimum atomic E-state index is -0.541. The van der Waals surface area contributed by atoms with Crippen LogP contribution in [-0.4, -0.2) is 32.6 Å². The van der Waals surface area contributed by atoms with E-state index in [1.54, 1.807) is 12.1 Å². The molecule has 0 spiro atoms. The van der Waals surface area contributed by atoms with Gasteiger partial charge in [0.15, 0.2) is 11.9 Å². The highest BCUT2D eigenvalue weighted by molar-refractivity contribution is 6.30. The van der Waals surface area contributed by atoms with Crippen molar-refractivity contribution in [3.8, 4) is 5.75 Å². The number of fused-ring (bicyclic) bond motifs is 1. The second kappa shape index (κ2) is 4.85. The average molecular weight is 280 g/mol. The molecule has 19 heavy (non-hydrogen) atoms. The van der Waals surface area contributed by atoms with Crippen molar-refractivity contribution in [1.82, 2.24) is 25.9 Å². The van der Waals surface area contributed by atoms with Crippen molar-refractivity contribution in [1.29, 1.82) is 0 Å². The molecule has 0 aliphatic carbocycles. The van der Waals surface area contributed by atoms with Gasteiger partial charge < -0.3 is 10.1 Å². The van der Waals surface area contributed by atoms with Crippen molar-refractivity contribution in [2.45, 2.75) is 19.1 Å². The van der Waals surface area contributed by atoms with E-state index in [1.807, 2.05) is 6.07 Å². The Morgan fingerprint density at radius 2 is 2.47 bits per heavy atom. The molecule has 2 aromatic rings. The highest BCUT2D eigenvalue weighted by Crippen LogP contribution is 2.31. The number of carbonyl (C=O) groups is 1. The summed E-state index contributed by atoms with van der Waals surface area (Å²) in [5, 5.41) is 16.5. The molecule has 1 aliphatic rings. The molecular formula is C11H10ClN5O2. The maximum Gasteiger partial charge on any atom is 0.261 e. The number of carbonyl (C=O) groups excluding carboxylic acids is 1. The molecule has 0 fully saturated rings. The van der Waals surface area contributed by atoms with Crippen LogP contribution in [0.5, 0.6) is 5.75 Å². The summed E-state index contributed by atoms with van der Waals surface area (Å²) < 4.78 is 5.56. The standard InChI is InChI=1S/C11H10ClN5O2/c12-7-1-2-8-6(3-7)4-9(19-8)11(18)13-5-10-14-16-17-15-10/h1-3,9H,4-5H2,(H,13,18)(H,14,15,16,17). The maximum atomic E-state index is 11.9. The van der Waals surface area contributed by atoms with E-state index in [0.717, 1.165) is 5.56 Å². The van der Waals surface area contributed by atoms with Crippen molar-refractivity contribution in [2.75, 3.05) is 0 Å². The molecule has 1 aliphatic heterocycles. The first kappa shape index (κ1) is 11.9. The average Bonchev–Trinajstić information content (AvgIpc) is 3.04. The third-order valence-corrected chi connectivity index (χ3v) is 3.03. The van der Waals surface area contributed by atoms with E-state index in [2.05, 4.69) is 25.9 Å². The number of rotatable bonds is 3. The van der Waals surface area contributed by atoms with Gasteiger partial charge in [-0.25, -0.2) is 0 Å². The number of tetrazole rings is 1. The Bertz CT molecular complexity index is 601. The zero-order chi connectivity index (χ0) is 13.2. The van der Waals surface area contributed by atoms with Crippen LogP contribution in [0.15, 0.2) is 18.2 Å². The number of hydrogen-bond acceptors (Lipinski definition) is 5.